The van der Waals surface area contributed by atoms with Crippen LogP contribution in [0.15, 0.2) is 60.7 Å². The van der Waals surface area contributed by atoms with Crippen LogP contribution in [0.1, 0.15) is 6.92 Å². The fraction of sp³-hybridized carbons (Fsp3) is 0.105. The number of carbonyl (C=O) groups is 1. The van der Waals surface area contributed by atoms with Gasteiger partial charge in [0, 0.05) is 10.4 Å². The van der Waals surface area contributed by atoms with Gasteiger partial charge in [-0.05, 0) is 36.6 Å². The summed E-state index contributed by atoms with van der Waals surface area (Å²) in [5.41, 5.74) is 0.461. The fourth-order valence-electron chi connectivity index (χ4n) is 2.37. The van der Waals surface area contributed by atoms with Crippen molar-refractivity contribution in [3.8, 4) is 5.75 Å². The Labute approximate surface area is 150 Å². The number of hydrogen-bond donors (Lipinski definition) is 1. The second-order valence-electron chi connectivity index (χ2n) is 5.35. The smallest absolute Gasteiger partial charge is 0.265 e. The molecule has 122 valence electrons. The van der Waals surface area contributed by atoms with Crippen molar-refractivity contribution < 1.29 is 9.53 Å². The molecule has 0 fully saturated rings. The van der Waals surface area contributed by atoms with Crippen LogP contribution in [0.5, 0.6) is 5.75 Å². The summed E-state index contributed by atoms with van der Waals surface area (Å²) in [5, 5.41) is 5.67. The van der Waals surface area contributed by atoms with Crippen LogP contribution < -0.4 is 10.1 Å². The zero-order valence-corrected chi connectivity index (χ0v) is 14.4. The van der Waals surface area contributed by atoms with Gasteiger partial charge in [-0.1, -0.05) is 59.6 Å². The maximum atomic E-state index is 12.4. The predicted molar refractivity (Wildman–Crippen MR) is 99.1 cm³/mol. The summed E-state index contributed by atoms with van der Waals surface area (Å²) < 4.78 is 5.84. The van der Waals surface area contributed by atoms with Crippen molar-refractivity contribution in [1.29, 1.82) is 0 Å². The molecular formula is C19H15Cl2NO2. The zero-order chi connectivity index (χ0) is 17.1. The number of amides is 1. The molecule has 0 radical (unpaired) electrons. The number of anilines is 1. The molecule has 1 N–H and O–H groups in total. The Morgan fingerprint density at radius 1 is 1.04 bits per heavy atom. The van der Waals surface area contributed by atoms with E-state index in [1.165, 1.54) is 0 Å². The van der Waals surface area contributed by atoms with Crippen LogP contribution in [0, 0.1) is 0 Å². The average Bonchev–Trinajstić information content (AvgIpc) is 2.58. The van der Waals surface area contributed by atoms with Crippen molar-refractivity contribution in [1.82, 2.24) is 0 Å². The van der Waals surface area contributed by atoms with Gasteiger partial charge in [-0.25, -0.2) is 0 Å². The number of ether oxygens (including phenoxy) is 1. The minimum Gasteiger partial charge on any atom is -0.480 e. The van der Waals surface area contributed by atoms with E-state index in [1.54, 1.807) is 25.1 Å². The number of nitrogens with one attached hydrogen (secondary N) is 1. The van der Waals surface area contributed by atoms with Crippen molar-refractivity contribution in [3.63, 3.8) is 0 Å². The van der Waals surface area contributed by atoms with Gasteiger partial charge in [0.15, 0.2) is 6.10 Å². The molecular weight excluding hydrogens is 345 g/mol. The molecule has 0 saturated heterocycles. The van der Waals surface area contributed by atoms with Gasteiger partial charge in [0.25, 0.3) is 5.91 Å². The van der Waals surface area contributed by atoms with Crippen molar-refractivity contribution in [2.24, 2.45) is 0 Å². The van der Waals surface area contributed by atoms with Crippen molar-refractivity contribution >= 4 is 45.6 Å². The first-order valence-electron chi connectivity index (χ1n) is 7.45. The molecule has 3 nitrogen and oxygen atoms in total. The highest BCUT2D eigenvalue weighted by Gasteiger charge is 2.17. The Bertz CT molecular complexity index is 890. The topological polar surface area (TPSA) is 38.3 Å². The summed E-state index contributed by atoms with van der Waals surface area (Å²) in [7, 11) is 0. The first-order valence-corrected chi connectivity index (χ1v) is 8.20. The maximum Gasteiger partial charge on any atom is 0.265 e. The van der Waals surface area contributed by atoms with E-state index in [1.807, 2.05) is 42.5 Å². The molecule has 3 aromatic rings. The van der Waals surface area contributed by atoms with Crippen LogP contribution in [-0.4, -0.2) is 12.0 Å². The van der Waals surface area contributed by atoms with Crippen LogP contribution >= 0.6 is 23.2 Å². The molecule has 24 heavy (non-hydrogen) atoms. The largest absolute Gasteiger partial charge is 0.480 e. The third kappa shape index (κ3) is 3.64. The second kappa shape index (κ2) is 7.12. The normalized spacial score (nSPS) is 12.0. The lowest BCUT2D eigenvalue weighted by Crippen LogP contribution is -2.30. The Balaban J connectivity index is 1.77. The first kappa shape index (κ1) is 16.6. The van der Waals surface area contributed by atoms with Crippen LogP contribution in [-0.2, 0) is 4.79 Å². The van der Waals surface area contributed by atoms with E-state index in [0.29, 0.717) is 21.5 Å². The number of halogens is 2. The number of fused-ring (bicyclic) bond motifs is 1. The van der Waals surface area contributed by atoms with E-state index in [0.717, 1.165) is 10.8 Å². The van der Waals surface area contributed by atoms with Crippen LogP contribution in [0.4, 0.5) is 5.69 Å². The van der Waals surface area contributed by atoms with Gasteiger partial charge in [0.2, 0.25) is 0 Å². The van der Waals surface area contributed by atoms with E-state index >= 15 is 0 Å². The molecule has 0 heterocycles. The molecule has 0 aromatic heterocycles. The van der Waals surface area contributed by atoms with Crippen LogP contribution in [0.2, 0.25) is 10.0 Å². The quantitative estimate of drug-likeness (QED) is 0.662. The lowest BCUT2D eigenvalue weighted by Gasteiger charge is -2.17. The van der Waals surface area contributed by atoms with Gasteiger partial charge >= 0.3 is 0 Å². The maximum absolute atomic E-state index is 12.4. The third-order valence-electron chi connectivity index (χ3n) is 3.61. The van der Waals surface area contributed by atoms with Gasteiger partial charge in [-0.15, -0.1) is 0 Å². The summed E-state index contributed by atoms with van der Waals surface area (Å²) in [6.07, 6.45) is -0.689. The first-order chi connectivity index (χ1) is 11.5. The fourth-order valence-corrected chi connectivity index (χ4v) is 2.71. The Morgan fingerprint density at radius 2 is 1.79 bits per heavy atom. The second-order valence-corrected chi connectivity index (χ2v) is 6.19. The standard InChI is InChI=1S/C19H15Cl2NO2/c1-12(19(23)22-17-11-14(20)9-10-16(17)21)24-18-8-4-6-13-5-2-3-7-15(13)18/h2-12H,1H3,(H,22,23)/t12-/m0/s1. The van der Waals surface area contributed by atoms with Crippen molar-refractivity contribution in [2.75, 3.05) is 5.32 Å². The minimum absolute atomic E-state index is 0.299. The molecule has 3 rings (SSSR count). The van der Waals surface area contributed by atoms with Crippen LogP contribution in [0.3, 0.4) is 0 Å². The molecule has 1 atom stereocenters. The number of carbonyl (C=O) groups excluding carboxylic acids is 1. The Kier molecular flexibility index (Phi) is 4.93. The highest BCUT2D eigenvalue weighted by Crippen LogP contribution is 2.28. The molecule has 0 bridgehead atoms. The summed E-state index contributed by atoms with van der Waals surface area (Å²) in [6, 6.07) is 18.5. The van der Waals surface area contributed by atoms with Crippen LogP contribution in [0.25, 0.3) is 10.8 Å². The number of hydrogen-bond acceptors (Lipinski definition) is 2. The third-order valence-corrected chi connectivity index (χ3v) is 4.17. The monoisotopic (exact) mass is 359 g/mol. The lowest BCUT2D eigenvalue weighted by atomic mass is 10.1. The zero-order valence-electron chi connectivity index (χ0n) is 12.9. The van der Waals surface area contributed by atoms with Gasteiger partial charge in [-0.2, -0.15) is 0 Å². The van der Waals surface area contributed by atoms with E-state index < -0.39 is 6.10 Å². The summed E-state index contributed by atoms with van der Waals surface area (Å²) in [5.74, 6) is 0.361. The van der Waals surface area contributed by atoms with E-state index in [9.17, 15) is 4.79 Å². The molecule has 0 aliphatic heterocycles. The van der Waals surface area contributed by atoms with Crippen molar-refractivity contribution in [2.45, 2.75) is 13.0 Å². The van der Waals surface area contributed by atoms with E-state index in [4.69, 9.17) is 27.9 Å². The lowest BCUT2D eigenvalue weighted by molar-refractivity contribution is -0.122. The molecule has 5 heteroatoms. The van der Waals surface area contributed by atoms with Gasteiger partial charge in [0.1, 0.15) is 5.75 Å². The van der Waals surface area contributed by atoms with Crippen molar-refractivity contribution in [3.05, 3.63) is 70.7 Å². The SMILES string of the molecule is C[C@H](Oc1cccc2ccccc12)C(=O)Nc1cc(Cl)ccc1Cl. The summed E-state index contributed by atoms with van der Waals surface area (Å²) in [4.78, 5) is 12.4. The highest BCUT2D eigenvalue weighted by atomic mass is 35.5. The number of rotatable bonds is 4. The molecule has 0 aliphatic rings. The Morgan fingerprint density at radius 3 is 2.62 bits per heavy atom. The van der Waals surface area contributed by atoms with Gasteiger partial charge in [0.05, 0.1) is 10.7 Å². The number of benzene rings is 3. The van der Waals surface area contributed by atoms with Gasteiger partial charge < -0.3 is 10.1 Å². The summed E-state index contributed by atoms with van der Waals surface area (Å²) in [6.45, 7) is 1.69. The molecule has 0 aliphatic carbocycles. The van der Waals surface area contributed by atoms with E-state index in [-0.39, 0.29) is 5.91 Å². The molecule has 3 aromatic carbocycles. The predicted octanol–water partition coefficient (Wildman–Crippen LogP) is 5.55. The van der Waals surface area contributed by atoms with Gasteiger partial charge in [-0.3, -0.25) is 4.79 Å². The minimum atomic E-state index is -0.689. The molecule has 0 spiro atoms. The van der Waals surface area contributed by atoms with E-state index in [2.05, 4.69) is 5.32 Å². The Hall–Kier alpha value is -2.23. The molecule has 0 saturated carbocycles. The highest BCUT2D eigenvalue weighted by molar-refractivity contribution is 6.35. The molecule has 0 unspecified atom stereocenters. The molecule has 1 amide bonds. The summed E-state index contributed by atoms with van der Waals surface area (Å²) >= 11 is 12.0. The average molecular weight is 360 g/mol.